The van der Waals surface area contributed by atoms with E-state index in [-0.39, 0.29) is 17.6 Å². The molecule has 0 aliphatic heterocycles. The van der Waals surface area contributed by atoms with Crippen LogP contribution in [-0.4, -0.2) is 22.6 Å². The molecule has 160 valence electrons. The molecule has 0 aliphatic carbocycles. The third-order valence-corrected chi connectivity index (χ3v) is 5.82. The molecule has 5 nitrogen and oxygen atoms in total. The summed E-state index contributed by atoms with van der Waals surface area (Å²) < 4.78 is 0. The number of pyridine rings is 1. The summed E-state index contributed by atoms with van der Waals surface area (Å²) in [6.45, 7) is 5.81. The zero-order valence-corrected chi connectivity index (χ0v) is 19.2. The van der Waals surface area contributed by atoms with E-state index < -0.39 is 0 Å². The molecule has 0 bridgehead atoms. The first-order valence-corrected chi connectivity index (χ1v) is 11.3. The molecular weight excluding hydrogens is 430 g/mol. The largest absolute Gasteiger partial charge is 0.325 e. The van der Waals surface area contributed by atoms with Gasteiger partial charge < -0.3 is 10.6 Å². The molecular formula is C24H24ClN3O2S. The molecule has 7 heteroatoms. The summed E-state index contributed by atoms with van der Waals surface area (Å²) >= 11 is 7.26. The lowest BCUT2D eigenvalue weighted by Gasteiger charge is -2.13. The second kappa shape index (κ2) is 10.5. The van der Waals surface area contributed by atoms with E-state index in [9.17, 15) is 9.59 Å². The van der Waals surface area contributed by atoms with Gasteiger partial charge in [-0.25, -0.2) is 4.98 Å². The van der Waals surface area contributed by atoms with Crippen LogP contribution in [-0.2, 0) is 11.2 Å². The minimum atomic E-state index is -0.287. The summed E-state index contributed by atoms with van der Waals surface area (Å²) in [5.74, 6) is -0.301. The van der Waals surface area contributed by atoms with E-state index in [4.69, 9.17) is 11.6 Å². The normalized spacial score (nSPS) is 10.6. The highest BCUT2D eigenvalue weighted by Crippen LogP contribution is 2.26. The Morgan fingerprint density at radius 3 is 2.42 bits per heavy atom. The number of nitrogens with zero attached hydrogens (tertiary/aromatic N) is 1. The summed E-state index contributed by atoms with van der Waals surface area (Å²) in [6, 6.07) is 16.6. The van der Waals surface area contributed by atoms with Crippen LogP contribution in [0.2, 0.25) is 5.02 Å². The fourth-order valence-electron chi connectivity index (χ4n) is 3.10. The number of thioether (sulfide) groups is 1. The molecule has 0 saturated carbocycles. The molecule has 0 unspecified atom stereocenters. The molecule has 2 N–H and O–H groups in total. The molecule has 31 heavy (non-hydrogen) atoms. The van der Waals surface area contributed by atoms with Crippen LogP contribution in [0.1, 0.15) is 34.1 Å². The summed E-state index contributed by atoms with van der Waals surface area (Å²) in [4.78, 5) is 29.9. The number of hydrogen-bond donors (Lipinski definition) is 2. The molecule has 0 aliphatic rings. The summed E-state index contributed by atoms with van der Waals surface area (Å²) in [5, 5.41) is 6.80. The number of carbonyl (C=O) groups is 2. The summed E-state index contributed by atoms with van der Waals surface area (Å²) in [6.07, 6.45) is 0.947. The van der Waals surface area contributed by atoms with Crippen LogP contribution in [0, 0.1) is 13.8 Å². The number of benzene rings is 2. The molecule has 1 heterocycles. The van der Waals surface area contributed by atoms with Gasteiger partial charge in [0.2, 0.25) is 5.91 Å². The number of amides is 2. The van der Waals surface area contributed by atoms with Crippen molar-refractivity contribution in [2.45, 2.75) is 32.2 Å². The predicted molar refractivity (Wildman–Crippen MR) is 128 cm³/mol. The first-order valence-electron chi connectivity index (χ1n) is 9.92. The highest BCUT2D eigenvalue weighted by molar-refractivity contribution is 8.00. The first-order chi connectivity index (χ1) is 14.9. The van der Waals surface area contributed by atoms with Gasteiger partial charge in [-0.15, -0.1) is 0 Å². The van der Waals surface area contributed by atoms with Crippen molar-refractivity contribution >= 4 is 46.6 Å². The van der Waals surface area contributed by atoms with Crippen molar-refractivity contribution in [3.05, 3.63) is 82.0 Å². The van der Waals surface area contributed by atoms with Gasteiger partial charge in [0, 0.05) is 22.1 Å². The zero-order chi connectivity index (χ0) is 22.4. The van der Waals surface area contributed by atoms with Crippen molar-refractivity contribution in [2.24, 2.45) is 0 Å². The van der Waals surface area contributed by atoms with E-state index in [1.807, 2.05) is 44.2 Å². The Balaban J connectivity index is 1.72. The highest BCUT2D eigenvalue weighted by Gasteiger charge is 2.18. The number of carbonyl (C=O) groups excluding carboxylic acids is 2. The standard InChI is InChI=1S/C24H24ClN3O2S/c1-4-17-8-10-19(11-9-17)27-21(29)14-31-24-22(15(2)12-16(3)26-24)23(30)28-20-7-5-6-18(25)13-20/h5-13H,4,14H2,1-3H3,(H,27,29)(H,28,30). The Kier molecular flexibility index (Phi) is 7.71. The van der Waals surface area contributed by atoms with Gasteiger partial charge in [0.15, 0.2) is 0 Å². The molecule has 0 fully saturated rings. The Morgan fingerprint density at radius 1 is 1.00 bits per heavy atom. The Bertz CT molecular complexity index is 1100. The Labute approximate surface area is 191 Å². The van der Waals surface area contributed by atoms with Crippen molar-refractivity contribution in [1.29, 1.82) is 0 Å². The topological polar surface area (TPSA) is 71.1 Å². The molecule has 1 aromatic heterocycles. The number of nitrogens with one attached hydrogen (secondary N) is 2. The summed E-state index contributed by atoms with van der Waals surface area (Å²) in [7, 11) is 0. The van der Waals surface area contributed by atoms with Crippen LogP contribution in [0.4, 0.5) is 11.4 Å². The number of rotatable bonds is 7. The average Bonchev–Trinajstić information content (AvgIpc) is 2.72. The number of anilines is 2. The molecule has 0 saturated heterocycles. The maximum absolute atomic E-state index is 13.0. The maximum Gasteiger partial charge on any atom is 0.258 e. The molecule has 3 rings (SSSR count). The van der Waals surface area contributed by atoms with E-state index in [0.29, 0.717) is 21.3 Å². The molecule has 0 atom stereocenters. The molecule has 2 amide bonds. The Hall–Kier alpha value is -2.83. The first kappa shape index (κ1) is 22.8. The third kappa shape index (κ3) is 6.32. The molecule has 0 radical (unpaired) electrons. The molecule has 2 aromatic carbocycles. The van der Waals surface area contributed by atoms with Crippen molar-refractivity contribution in [1.82, 2.24) is 4.98 Å². The van der Waals surface area contributed by atoms with Crippen molar-refractivity contribution in [3.63, 3.8) is 0 Å². The second-order valence-electron chi connectivity index (χ2n) is 7.11. The van der Waals surface area contributed by atoms with Gasteiger partial charge in [0.25, 0.3) is 5.91 Å². The number of aromatic nitrogens is 1. The minimum Gasteiger partial charge on any atom is -0.325 e. The van der Waals surface area contributed by atoms with E-state index in [2.05, 4.69) is 22.5 Å². The number of hydrogen-bond acceptors (Lipinski definition) is 4. The van der Waals surface area contributed by atoms with Crippen LogP contribution in [0.3, 0.4) is 0 Å². The van der Waals surface area contributed by atoms with E-state index >= 15 is 0 Å². The van der Waals surface area contributed by atoms with Gasteiger partial charge in [-0.1, -0.05) is 48.5 Å². The van der Waals surface area contributed by atoms with Gasteiger partial charge in [0.05, 0.1) is 11.3 Å². The zero-order valence-electron chi connectivity index (χ0n) is 17.7. The quantitative estimate of drug-likeness (QED) is 0.437. The van der Waals surface area contributed by atoms with Crippen LogP contribution in [0.5, 0.6) is 0 Å². The van der Waals surface area contributed by atoms with Crippen molar-refractivity contribution < 1.29 is 9.59 Å². The van der Waals surface area contributed by atoms with Gasteiger partial charge in [-0.05, 0) is 67.8 Å². The van der Waals surface area contributed by atoms with Gasteiger partial charge >= 0.3 is 0 Å². The van der Waals surface area contributed by atoms with Gasteiger partial charge in [0.1, 0.15) is 5.03 Å². The third-order valence-electron chi connectivity index (χ3n) is 4.61. The van der Waals surface area contributed by atoms with Crippen LogP contribution < -0.4 is 10.6 Å². The minimum absolute atomic E-state index is 0.142. The fourth-order valence-corrected chi connectivity index (χ4v) is 4.23. The fraction of sp³-hybridized carbons (Fsp3) is 0.208. The predicted octanol–water partition coefficient (Wildman–Crippen LogP) is 5.90. The lowest BCUT2D eigenvalue weighted by atomic mass is 10.1. The van der Waals surface area contributed by atoms with Crippen LogP contribution in [0.15, 0.2) is 59.6 Å². The average molecular weight is 454 g/mol. The van der Waals surface area contributed by atoms with Gasteiger partial charge in [-0.2, -0.15) is 0 Å². The molecule has 3 aromatic rings. The summed E-state index contributed by atoms with van der Waals surface area (Å²) in [5.41, 5.74) is 4.59. The lowest BCUT2D eigenvalue weighted by molar-refractivity contribution is -0.113. The smallest absolute Gasteiger partial charge is 0.258 e. The van der Waals surface area contributed by atoms with E-state index in [1.54, 1.807) is 24.3 Å². The number of halogens is 1. The van der Waals surface area contributed by atoms with E-state index in [0.717, 1.165) is 23.4 Å². The van der Waals surface area contributed by atoms with Crippen molar-refractivity contribution in [2.75, 3.05) is 16.4 Å². The van der Waals surface area contributed by atoms with Crippen molar-refractivity contribution in [3.8, 4) is 0 Å². The maximum atomic E-state index is 13.0. The Morgan fingerprint density at radius 2 is 1.74 bits per heavy atom. The number of aryl methyl sites for hydroxylation is 3. The van der Waals surface area contributed by atoms with Crippen LogP contribution >= 0.6 is 23.4 Å². The highest BCUT2D eigenvalue weighted by atomic mass is 35.5. The monoisotopic (exact) mass is 453 g/mol. The second-order valence-corrected chi connectivity index (χ2v) is 8.51. The van der Waals surface area contributed by atoms with E-state index in [1.165, 1.54) is 17.3 Å². The SMILES string of the molecule is CCc1ccc(NC(=O)CSc2nc(C)cc(C)c2C(=O)Nc2cccc(Cl)c2)cc1. The molecule has 0 spiro atoms. The van der Waals surface area contributed by atoms with Crippen LogP contribution in [0.25, 0.3) is 0 Å². The lowest BCUT2D eigenvalue weighted by Crippen LogP contribution is -2.18. The van der Waals surface area contributed by atoms with Gasteiger partial charge in [-0.3, -0.25) is 9.59 Å².